The molecule has 4 aliphatic rings. The largest absolute Gasteiger partial charge is 0.497 e. The van der Waals surface area contributed by atoms with Gasteiger partial charge < -0.3 is 14.4 Å². The molecule has 2 aromatic rings. The molecule has 2 aliphatic heterocycles. The van der Waals surface area contributed by atoms with Gasteiger partial charge in [-0.3, -0.25) is 19.2 Å². The molecule has 2 heterocycles. The molecule has 0 spiro atoms. The third-order valence-corrected chi connectivity index (χ3v) is 8.38. The summed E-state index contributed by atoms with van der Waals surface area (Å²) >= 11 is 0. The number of nitrogens with zero attached hydrogens (tertiary/aromatic N) is 2. The van der Waals surface area contributed by atoms with E-state index in [0.717, 1.165) is 19.3 Å². The molecule has 8 nitrogen and oxygen atoms in total. The summed E-state index contributed by atoms with van der Waals surface area (Å²) in [5.74, 6) is -0.162. The van der Waals surface area contributed by atoms with Crippen molar-refractivity contribution in [1.82, 2.24) is 0 Å². The molecule has 2 aromatic carbocycles. The summed E-state index contributed by atoms with van der Waals surface area (Å²) in [4.78, 5) is 54.7. The Morgan fingerprint density at radius 2 is 1.67 bits per heavy atom. The summed E-state index contributed by atoms with van der Waals surface area (Å²) in [7, 11) is 1.56. The number of benzene rings is 2. The Labute approximate surface area is 209 Å². The fourth-order valence-electron chi connectivity index (χ4n) is 6.68. The molecule has 2 saturated carbocycles. The molecule has 36 heavy (non-hydrogen) atoms. The molecule has 2 bridgehead atoms. The molecule has 6 rings (SSSR count). The average Bonchev–Trinajstić information content (AvgIpc) is 3.63. The number of ether oxygens (including phenoxy) is 2. The van der Waals surface area contributed by atoms with Crippen molar-refractivity contribution in [2.24, 2.45) is 29.6 Å². The first-order valence-corrected chi connectivity index (χ1v) is 12.5. The Morgan fingerprint density at radius 1 is 0.944 bits per heavy atom. The highest BCUT2D eigenvalue weighted by Gasteiger charge is 2.61. The zero-order chi connectivity index (χ0) is 25.1. The molecule has 5 atom stereocenters. The van der Waals surface area contributed by atoms with Gasteiger partial charge >= 0.3 is 5.97 Å². The van der Waals surface area contributed by atoms with Crippen molar-refractivity contribution >= 4 is 35.1 Å². The molecular weight excluding hydrogens is 460 g/mol. The first kappa shape index (κ1) is 22.8. The Hall–Kier alpha value is -3.68. The summed E-state index contributed by atoms with van der Waals surface area (Å²) < 4.78 is 10.8. The minimum Gasteiger partial charge on any atom is -0.497 e. The van der Waals surface area contributed by atoms with E-state index in [4.69, 9.17) is 9.47 Å². The molecule has 0 radical (unpaired) electrons. The Bertz CT molecular complexity index is 1260. The maximum atomic E-state index is 13.2. The number of hydrogen-bond donors (Lipinski definition) is 0. The lowest BCUT2D eigenvalue weighted by molar-refractivity contribution is -0.139. The number of methoxy groups -OCH3 is 1. The molecule has 186 valence electrons. The number of carbonyl (C=O) groups is 4. The van der Waals surface area contributed by atoms with Gasteiger partial charge in [-0.1, -0.05) is 6.07 Å². The first-order chi connectivity index (χ1) is 17.4. The summed E-state index contributed by atoms with van der Waals surface area (Å²) in [6, 6.07) is 12.1. The quantitative estimate of drug-likeness (QED) is 0.363. The number of esters is 1. The van der Waals surface area contributed by atoms with Gasteiger partial charge in [0.1, 0.15) is 11.5 Å². The van der Waals surface area contributed by atoms with Crippen LogP contribution in [0.25, 0.3) is 0 Å². The van der Waals surface area contributed by atoms with E-state index in [9.17, 15) is 19.2 Å². The maximum absolute atomic E-state index is 13.2. The van der Waals surface area contributed by atoms with Crippen LogP contribution in [0, 0.1) is 36.5 Å². The van der Waals surface area contributed by atoms with Crippen LogP contribution >= 0.6 is 0 Å². The van der Waals surface area contributed by atoms with Crippen LogP contribution in [0.3, 0.4) is 0 Å². The molecule has 2 saturated heterocycles. The predicted octanol–water partition coefficient (Wildman–Crippen LogP) is 3.50. The number of fused-ring (bicyclic) bond motifs is 5. The molecule has 8 heteroatoms. The van der Waals surface area contributed by atoms with Gasteiger partial charge in [0.2, 0.25) is 17.7 Å². The fraction of sp³-hybridized carbons (Fsp3) is 0.429. The van der Waals surface area contributed by atoms with Crippen LogP contribution in [0.2, 0.25) is 0 Å². The van der Waals surface area contributed by atoms with Crippen LogP contribution in [0.15, 0.2) is 42.5 Å². The third kappa shape index (κ3) is 3.50. The van der Waals surface area contributed by atoms with Gasteiger partial charge in [-0.05, 0) is 73.9 Å². The van der Waals surface area contributed by atoms with Crippen molar-refractivity contribution < 1.29 is 28.7 Å². The number of aryl methyl sites for hydroxylation is 1. The molecular formula is C28H28N2O6. The number of hydrogen-bond acceptors (Lipinski definition) is 6. The lowest BCUT2D eigenvalue weighted by atomic mass is 9.81. The summed E-state index contributed by atoms with van der Waals surface area (Å²) in [5, 5.41) is 0. The maximum Gasteiger partial charge on any atom is 0.316 e. The molecule has 4 fully saturated rings. The molecule has 3 amide bonds. The first-order valence-electron chi connectivity index (χ1n) is 12.5. The lowest BCUT2D eigenvalue weighted by Gasteiger charge is -2.20. The van der Waals surface area contributed by atoms with E-state index in [2.05, 4.69) is 0 Å². The second kappa shape index (κ2) is 8.47. The van der Waals surface area contributed by atoms with E-state index < -0.39 is 11.9 Å². The summed E-state index contributed by atoms with van der Waals surface area (Å²) in [6.45, 7) is 2.03. The van der Waals surface area contributed by atoms with E-state index >= 15 is 0 Å². The SMILES string of the molecule is COc1cccc(N2C[C@@H](C(=O)Oc3ccc(N4C(=O)[C@@H]5[C@H]6CC[C@@H](C6)[C@@H]5C4=O)c(C)c3)CC2=O)c1. The highest BCUT2D eigenvalue weighted by molar-refractivity contribution is 6.23. The number of amides is 3. The smallest absolute Gasteiger partial charge is 0.316 e. The average molecular weight is 489 g/mol. The topological polar surface area (TPSA) is 93.2 Å². The second-order valence-corrected chi connectivity index (χ2v) is 10.4. The third-order valence-electron chi connectivity index (χ3n) is 8.38. The van der Waals surface area contributed by atoms with Crippen LogP contribution in [0.5, 0.6) is 11.5 Å². The molecule has 0 aromatic heterocycles. The van der Waals surface area contributed by atoms with Crippen molar-refractivity contribution in [1.29, 1.82) is 0 Å². The zero-order valence-electron chi connectivity index (χ0n) is 20.3. The highest BCUT2D eigenvalue weighted by atomic mass is 16.5. The van der Waals surface area contributed by atoms with Crippen LogP contribution in [-0.2, 0) is 19.2 Å². The van der Waals surface area contributed by atoms with E-state index in [0.29, 0.717) is 40.3 Å². The van der Waals surface area contributed by atoms with Crippen LogP contribution < -0.4 is 19.3 Å². The zero-order valence-corrected chi connectivity index (χ0v) is 20.3. The van der Waals surface area contributed by atoms with Gasteiger partial charge in [0, 0.05) is 24.7 Å². The van der Waals surface area contributed by atoms with Gasteiger partial charge in [0.05, 0.1) is 30.6 Å². The van der Waals surface area contributed by atoms with Gasteiger partial charge in [-0.25, -0.2) is 4.90 Å². The van der Waals surface area contributed by atoms with Crippen molar-refractivity contribution in [3.63, 3.8) is 0 Å². The Balaban J connectivity index is 1.15. The Kier molecular flexibility index (Phi) is 5.35. The van der Waals surface area contributed by atoms with Crippen LogP contribution in [-0.4, -0.2) is 37.3 Å². The lowest BCUT2D eigenvalue weighted by Crippen LogP contribution is -2.33. The molecule has 0 unspecified atom stereocenters. The number of rotatable bonds is 5. The van der Waals surface area contributed by atoms with Crippen molar-refractivity contribution in [3.8, 4) is 11.5 Å². The number of imide groups is 1. The van der Waals surface area contributed by atoms with E-state index in [1.54, 1.807) is 61.4 Å². The Morgan fingerprint density at radius 3 is 2.33 bits per heavy atom. The molecule has 2 aliphatic carbocycles. The summed E-state index contributed by atoms with van der Waals surface area (Å²) in [6.07, 6.45) is 3.12. The van der Waals surface area contributed by atoms with Gasteiger partial charge in [-0.2, -0.15) is 0 Å². The van der Waals surface area contributed by atoms with Gasteiger partial charge in [0.25, 0.3) is 0 Å². The van der Waals surface area contributed by atoms with E-state index in [1.165, 1.54) is 4.90 Å². The van der Waals surface area contributed by atoms with Crippen molar-refractivity contribution in [2.75, 3.05) is 23.5 Å². The highest BCUT2D eigenvalue weighted by Crippen LogP contribution is 2.56. The normalized spacial score (nSPS) is 28.7. The van der Waals surface area contributed by atoms with Crippen molar-refractivity contribution in [2.45, 2.75) is 32.6 Å². The van der Waals surface area contributed by atoms with E-state index in [1.807, 2.05) is 0 Å². The number of carbonyl (C=O) groups excluding carboxylic acids is 4. The minimum atomic E-state index is -0.597. The predicted molar refractivity (Wildman–Crippen MR) is 131 cm³/mol. The minimum absolute atomic E-state index is 0.0645. The van der Waals surface area contributed by atoms with Gasteiger partial charge in [-0.15, -0.1) is 0 Å². The van der Waals surface area contributed by atoms with Gasteiger partial charge in [0.15, 0.2) is 0 Å². The van der Waals surface area contributed by atoms with Crippen molar-refractivity contribution in [3.05, 3.63) is 48.0 Å². The molecule has 0 N–H and O–H groups in total. The van der Waals surface area contributed by atoms with E-state index in [-0.39, 0.29) is 42.5 Å². The summed E-state index contributed by atoms with van der Waals surface area (Å²) in [5.41, 5.74) is 1.92. The second-order valence-electron chi connectivity index (χ2n) is 10.4. The van der Waals surface area contributed by atoms with Crippen LogP contribution in [0.4, 0.5) is 11.4 Å². The van der Waals surface area contributed by atoms with Crippen LogP contribution in [0.1, 0.15) is 31.2 Å². The fourth-order valence-corrected chi connectivity index (χ4v) is 6.68. The monoisotopic (exact) mass is 488 g/mol. The standard InChI is InChI=1S/C28H28N2O6/c1-15-10-21(8-9-22(15)30-26(32)24-16-6-7-17(11-16)25(24)27(30)33)36-28(34)18-12-23(31)29(14-18)19-4-3-5-20(13-19)35-2/h3-5,8-10,13,16-18,24-25H,6-7,11-12,14H2,1-2H3/t16-,17-,18-,24-,25+/m0/s1. The number of anilines is 2.